The van der Waals surface area contributed by atoms with Crippen molar-refractivity contribution in [3.8, 4) is 0 Å². The Balaban J connectivity index is 2.47. The molecule has 0 aliphatic carbocycles. The Morgan fingerprint density at radius 3 is 2.87 bits per heavy atom. The van der Waals surface area contributed by atoms with Crippen LogP contribution in [0.25, 0.3) is 0 Å². The monoisotopic (exact) mass is 275 g/mol. The van der Waals surface area contributed by atoms with Crippen LogP contribution in [-0.2, 0) is 11.3 Å². The van der Waals surface area contributed by atoms with Crippen molar-refractivity contribution in [3.63, 3.8) is 0 Å². The molecule has 0 heterocycles. The maximum Gasteiger partial charge on any atom is 0.137 e. The van der Waals surface area contributed by atoms with E-state index in [2.05, 4.69) is 21.2 Å². The fourth-order valence-corrected chi connectivity index (χ4v) is 1.68. The van der Waals surface area contributed by atoms with E-state index in [9.17, 15) is 4.39 Å². The fourth-order valence-electron chi connectivity index (χ4n) is 1.25. The van der Waals surface area contributed by atoms with Gasteiger partial charge in [-0.05, 0) is 40.5 Å². The van der Waals surface area contributed by atoms with Gasteiger partial charge in [0.2, 0.25) is 0 Å². The van der Waals surface area contributed by atoms with Crippen LogP contribution in [0.3, 0.4) is 0 Å². The van der Waals surface area contributed by atoms with Crippen molar-refractivity contribution in [2.75, 3.05) is 13.7 Å². The minimum Gasteiger partial charge on any atom is -0.383 e. The summed E-state index contributed by atoms with van der Waals surface area (Å²) < 4.78 is 18.4. The summed E-state index contributed by atoms with van der Waals surface area (Å²) in [5, 5.41) is 3.28. The normalized spacial score (nSPS) is 12.8. The Kier molecular flexibility index (Phi) is 5.22. The number of methoxy groups -OCH3 is 1. The lowest BCUT2D eigenvalue weighted by Crippen LogP contribution is -2.29. The molecule has 0 bridgehead atoms. The number of nitrogens with one attached hydrogen (secondary N) is 1. The smallest absolute Gasteiger partial charge is 0.137 e. The molecule has 0 amide bonds. The zero-order valence-corrected chi connectivity index (χ0v) is 10.5. The maximum absolute atomic E-state index is 12.9. The van der Waals surface area contributed by atoms with Gasteiger partial charge in [0.05, 0.1) is 11.1 Å². The van der Waals surface area contributed by atoms with Crippen LogP contribution in [-0.4, -0.2) is 19.8 Å². The molecule has 1 N–H and O–H groups in total. The molecular formula is C11H15BrFNO. The molecule has 0 saturated carbocycles. The third-order valence-corrected chi connectivity index (χ3v) is 2.66. The molecule has 2 nitrogen and oxygen atoms in total. The first-order chi connectivity index (χ1) is 7.13. The largest absolute Gasteiger partial charge is 0.383 e. The van der Waals surface area contributed by atoms with Crippen molar-refractivity contribution >= 4 is 15.9 Å². The van der Waals surface area contributed by atoms with E-state index in [4.69, 9.17) is 4.74 Å². The van der Waals surface area contributed by atoms with Crippen molar-refractivity contribution in [2.24, 2.45) is 0 Å². The minimum absolute atomic E-state index is 0.233. The molecule has 4 heteroatoms. The van der Waals surface area contributed by atoms with Crippen LogP contribution < -0.4 is 5.32 Å². The van der Waals surface area contributed by atoms with E-state index in [0.29, 0.717) is 23.7 Å². The lowest BCUT2D eigenvalue weighted by Gasteiger charge is -2.12. The van der Waals surface area contributed by atoms with Gasteiger partial charge in [0.1, 0.15) is 5.82 Å². The SMILES string of the molecule is COC[C@@H](C)NCc1ccc(F)c(Br)c1. The van der Waals surface area contributed by atoms with E-state index >= 15 is 0 Å². The summed E-state index contributed by atoms with van der Waals surface area (Å²) in [6, 6.07) is 5.30. The Bertz CT molecular complexity index is 319. The quantitative estimate of drug-likeness (QED) is 0.892. The highest BCUT2D eigenvalue weighted by atomic mass is 79.9. The van der Waals surface area contributed by atoms with E-state index in [-0.39, 0.29) is 5.82 Å². The van der Waals surface area contributed by atoms with Gasteiger partial charge in [0.25, 0.3) is 0 Å². The van der Waals surface area contributed by atoms with Crippen molar-refractivity contribution < 1.29 is 9.13 Å². The molecule has 0 spiro atoms. The first-order valence-electron chi connectivity index (χ1n) is 4.79. The molecule has 15 heavy (non-hydrogen) atoms. The van der Waals surface area contributed by atoms with Gasteiger partial charge >= 0.3 is 0 Å². The van der Waals surface area contributed by atoms with Crippen LogP contribution in [0.5, 0.6) is 0 Å². The Morgan fingerprint density at radius 2 is 2.27 bits per heavy atom. The van der Waals surface area contributed by atoms with Gasteiger partial charge < -0.3 is 10.1 Å². The van der Waals surface area contributed by atoms with Crippen LogP contribution >= 0.6 is 15.9 Å². The van der Waals surface area contributed by atoms with Gasteiger partial charge in [-0.2, -0.15) is 0 Å². The van der Waals surface area contributed by atoms with Crippen molar-refractivity contribution in [2.45, 2.75) is 19.5 Å². The topological polar surface area (TPSA) is 21.3 Å². The molecule has 1 aromatic rings. The lowest BCUT2D eigenvalue weighted by molar-refractivity contribution is 0.171. The van der Waals surface area contributed by atoms with E-state index in [1.165, 1.54) is 6.07 Å². The van der Waals surface area contributed by atoms with Gasteiger partial charge in [-0.25, -0.2) is 4.39 Å². The number of hydrogen-bond acceptors (Lipinski definition) is 2. The summed E-state index contributed by atoms with van der Waals surface area (Å²) in [7, 11) is 1.67. The average molecular weight is 276 g/mol. The van der Waals surface area contributed by atoms with Gasteiger partial charge in [-0.15, -0.1) is 0 Å². The Hall–Kier alpha value is -0.450. The third kappa shape index (κ3) is 4.28. The first-order valence-corrected chi connectivity index (χ1v) is 5.59. The summed E-state index contributed by atoms with van der Waals surface area (Å²) in [4.78, 5) is 0. The molecule has 0 unspecified atom stereocenters. The van der Waals surface area contributed by atoms with Gasteiger partial charge in [-0.1, -0.05) is 6.07 Å². The van der Waals surface area contributed by atoms with Crippen molar-refractivity contribution in [1.82, 2.24) is 5.32 Å². The molecule has 0 fully saturated rings. The number of halogens is 2. The molecular weight excluding hydrogens is 261 g/mol. The zero-order chi connectivity index (χ0) is 11.3. The minimum atomic E-state index is -0.233. The average Bonchev–Trinajstić information content (AvgIpc) is 2.20. The Labute approximate surface area is 98.0 Å². The molecule has 0 aliphatic rings. The van der Waals surface area contributed by atoms with Crippen LogP contribution in [0.4, 0.5) is 4.39 Å². The molecule has 1 rings (SSSR count). The van der Waals surface area contributed by atoms with Crippen molar-refractivity contribution in [3.05, 3.63) is 34.1 Å². The van der Waals surface area contributed by atoms with Crippen LogP contribution in [0, 0.1) is 5.82 Å². The summed E-state index contributed by atoms with van der Waals surface area (Å²) in [5.41, 5.74) is 1.05. The summed E-state index contributed by atoms with van der Waals surface area (Å²) >= 11 is 3.16. The highest BCUT2D eigenvalue weighted by molar-refractivity contribution is 9.10. The predicted molar refractivity (Wildman–Crippen MR) is 62.3 cm³/mol. The molecule has 0 saturated heterocycles. The second-order valence-electron chi connectivity index (χ2n) is 3.49. The highest BCUT2D eigenvalue weighted by Crippen LogP contribution is 2.16. The summed E-state index contributed by atoms with van der Waals surface area (Å²) in [5.74, 6) is -0.233. The lowest BCUT2D eigenvalue weighted by atomic mass is 10.2. The third-order valence-electron chi connectivity index (χ3n) is 2.06. The zero-order valence-electron chi connectivity index (χ0n) is 8.89. The first kappa shape index (κ1) is 12.6. The van der Waals surface area contributed by atoms with Gasteiger partial charge in [-0.3, -0.25) is 0 Å². The summed E-state index contributed by atoms with van der Waals surface area (Å²) in [6.07, 6.45) is 0. The number of rotatable bonds is 5. The summed E-state index contributed by atoms with van der Waals surface area (Å²) in [6.45, 7) is 3.42. The van der Waals surface area contributed by atoms with Crippen LogP contribution in [0.2, 0.25) is 0 Å². The molecule has 0 radical (unpaired) electrons. The number of benzene rings is 1. The second-order valence-corrected chi connectivity index (χ2v) is 4.34. The molecule has 0 aliphatic heterocycles. The number of ether oxygens (including phenoxy) is 1. The molecule has 1 atom stereocenters. The predicted octanol–water partition coefficient (Wildman–Crippen LogP) is 2.71. The second kappa shape index (κ2) is 6.20. The van der Waals surface area contributed by atoms with E-state index < -0.39 is 0 Å². The van der Waals surface area contributed by atoms with E-state index in [0.717, 1.165) is 5.56 Å². The maximum atomic E-state index is 12.9. The molecule has 1 aromatic carbocycles. The van der Waals surface area contributed by atoms with Gasteiger partial charge in [0.15, 0.2) is 0 Å². The molecule has 0 aromatic heterocycles. The molecule has 84 valence electrons. The Morgan fingerprint density at radius 1 is 1.53 bits per heavy atom. The van der Waals surface area contributed by atoms with Crippen LogP contribution in [0.15, 0.2) is 22.7 Å². The number of hydrogen-bond donors (Lipinski definition) is 1. The van der Waals surface area contributed by atoms with Gasteiger partial charge in [0, 0.05) is 19.7 Å². The van der Waals surface area contributed by atoms with E-state index in [1.54, 1.807) is 19.2 Å². The van der Waals surface area contributed by atoms with Crippen LogP contribution in [0.1, 0.15) is 12.5 Å². The van der Waals surface area contributed by atoms with Crippen molar-refractivity contribution in [1.29, 1.82) is 0 Å². The standard InChI is InChI=1S/C11H15BrFNO/c1-8(7-15-2)14-6-9-3-4-11(13)10(12)5-9/h3-5,8,14H,6-7H2,1-2H3/t8-/m1/s1. The fraction of sp³-hybridized carbons (Fsp3) is 0.455. The van der Waals surface area contributed by atoms with E-state index in [1.807, 2.05) is 6.92 Å². The highest BCUT2D eigenvalue weighted by Gasteiger charge is 2.03.